The molecule has 0 aromatic rings. The molecule has 0 atom stereocenters. The topological polar surface area (TPSA) is 55.9 Å². The zero-order chi connectivity index (χ0) is 18.2. The molecule has 3 heterocycles. The second-order valence-corrected chi connectivity index (χ2v) is 8.18. The van der Waals surface area contributed by atoms with Gasteiger partial charge in [0.2, 0.25) is 11.8 Å². The third kappa shape index (κ3) is 8.05. The van der Waals surface area contributed by atoms with Gasteiger partial charge in [0.25, 0.3) is 0 Å². The molecular weight excluding hydrogens is 399 g/mol. The van der Waals surface area contributed by atoms with Crippen molar-refractivity contribution in [3.8, 4) is 0 Å². The van der Waals surface area contributed by atoms with Crippen LogP contribution in [0.4, 0.5) is 0 Å². The summed E-state index contributed by atoms with van der Waals surface area (Å²) in [7, 11) is 0. The number of hydrogen-bond donors (Lipinski definition) is 1. The van der Waals surface area contributed by atoms with Crippen LogP contribution >= 0.6 is 24.8 Å². The number of likely N-dealkylation sites (tertiary alicyclic amines) is 1. The number of carbonyl (C=O) groups excluding carboxylic acids is 2. The van der Waals surface area contributed by atoms with E-state index in [-0.39, 0.29) is 30.7 Å². The summed E-state index contributed by atoms with van der Waals surface area (Å²) in [6.07, 6.45) is 8.94. The summed E-state index contributed by atoms with van der Waals surface area (Å²) in [5.41, 5.74) is 0. The number of rotatable bonds is 5. The highest BCUT2D eigenvalue weighted by molar-refractivity contribution is 5.85. The van der Waals surface area contributed by atoms with E-state index in [4.69, 9.17) is 0 Å². The molecule has 0 saturated carbocycles. The van der Waals surface area contributed by atoms with E-state index in [0.717, 1.165) is 71.6 Å². The second-order valence-electron chi connectivity index (χ2n) is 8.18. The molecule has 0 aliphatic carbocycles. The fraction of sp³-hybridized carbons (Fsp3) is 0.900. The number of carbonyl (C=O) groups is 2. The molecule has 3 rings (SSSR count). The Morgan fingerprint density at radius 2 is 1.32 bits per heavy atom. The first-order valence-corrected chi connectivity index (χ1v) is 10.7. The highest BCUT2D eigenvalue weighted by Gasteiger charge is 2.25. The summed E-state index contributed by atoms with van der Waals surface area (Å²) in [4.78, 5) is 31.3. The number of nitrogens with zero attached hydrogens (tertiary/aromatic N) is 3. The Balaban J connectivity index is 0.00000196. The summed E-state index contributed by atoms with van der Waals surface area (Å²) >= 11 is 0. The maximum absolute atomic E-state index is 12.5. The second kappa shape index (κ2) is 13.6. The number of piperazine rings is 1. The fourth-order valence-corrected chi connectivity index (χ4v) is 4.42. The first-order valence-electron chi connectivity index (χ1n) is 10.7. The summed E-state index contributed by atoms with van der Waals surface area (Å²) in [5.74, 6) is 1.30. The minimum Gasteiger partial charge on any atom is -0.342 e. The van der Waals surface area contributed by atoms with Crippen molar-refractivity contribution in [1.29, 1.82) is 0 Å². The average molecular weight is 437 g/mol. The molecular formula is C20H38Cl2N4O2. The van der Waals surface area contributed by atoms with Crippen molar-refractivity contribution >= 4 is 36.6 Å². The SMILES string of the molecule is Cl.Cl.O=C(CCC1CCNCC1)N1CCN(CC(=O)N2CCCCCC2)CC1. The quantitative estimate of drug-likeness (QED) is 0.716. The van der Waals surface area contributed by atoms with Crippen LogP contribution in [-0.2, 0) is 9.59 Å². The van der Waals surface area contributed by atoms with E-state index in [2.05, 4.69) is 10.2 Å². The normalized spacial score (nSPS) is 22.0. The summed E-state index contributed by atoms with van der Waals surface area (Å²) in [6.45, 7) is 7.79. The predicted octanol–water partition coefficient (Wildman–Crippen LogP) is 2.16. The van der Waals surface area contributed by atoms with Crippen molar-refractivity contribution in [2.24, 2.45) is 5.92 Å². The third-order valence-corrected chi connectivity index (χ3v) is 6.27. The van der Waals surface area contributed by atoms with Crippen molar-refractivity contribution < 1.29 is 9.59 Å². The third-order valence-electron chi connectivity index (χ3n) is 6.27. The number of hydrogen-bond acceptors (Lipinski definition) is 4. The molecule has 28 heavy (non-hydrogen) atoms. The van der Waals surface area contributed by atoms with Crippen LogP contribution in [0, 0.1) is 5.92 Å². The lowest BCUT2D eigenvalue weighted by atomic mass is 9.93. The maximum Gasteiger partial charge on any atom is 0.236 e. The van der Waals surface area contributed by atoms with E-state index in [1.807, 2.05) is 9.80 Å². The summed E-state index contributed by atoms with van der Waals surface area (Å²) in [5, 5.41) is 3.38. The van der Waals surface area contributed by atoms with Gasteiger partial charge in [-0.25, -0.2) is 0 Å². The molecule has 0 aromatic carbocycles. The maximum atomic E-state index is 12.5. The Morgan fingerprint density at radius 1 is 0.750 bits per heavy atom. The van der Waals surface area contributed by atoms with Crippen molar-refractivity contribution in [1.82, 2.24) is 20.0 Å². The van der Waals surface area contributed by atoms with Crippen LogP contribution < -0.4 is 5.32 Å². The smallest absolute Gasteiger partial charge is 0.236 e. The number of piperidine rings is 1. The van der Waals surface area contributed by atoms with Crippen LogP contribution in [0.2, 0.25) is 0 Å². The molecule has 3 aliphatic heterocycles. The molecule has 1 N–H and O–H groups in total. The van der Waals surface area contributed by atoms with Gasteiger partial charge in [-0.2, -0.15) is 0 Å². The molecule has 0 spiro atoms. The van der Waals surface area contributed by atoms with E-state index in [9.17, 15) is 9.59 Å². The Labute approximate surface area is 182 Å². The Morgan fingerprint density at radius 3 is 1.93 bits per heavy atom. The van der Waals surface area contributed by atoms with Gasteiger partial charge in [-0.05, 0) is 51.1 Å². The zero-order valence-corrected chi connectivity index (χ0v) is 18.7. The van der Waals surface area contributed by atoms with Gasteiger partial charge >= 0.3 is 0 Å². The van der Waals surface area contributed by atoms with Gasteiger partial charge in [0.05, 0.1) is 6.54 Å². The molecule has 0 unspecified atom stereocenters. The van der Waals surface area contributed by atoms with Gasteiger partial charge in [0, 0.05) is 45.7 Å². The van der Waals surface area contributed by atoms with Gasteiger partial charge < -0.3 is 15.1 Å². The largest absolute Gasteiger partial charge is 0.342 e. The van der Waals surface area contributed by atoms with Crippen LogP contribution in [0.5, 0.6) is 0 Å². The summed E-state index contributed by atoms with van der Waals surface area (Å²) in [6, 6.07) is 0. The first-order chi connectivity index (χ1) is 12.7. The summed E-state index contributed by atoms with van der Waals surface area (Å²) < 4.78 is 0. The lowest BCUT2D eigenvalue weighted by molar-refractivity contribution is -0.135. The first kappa shape index (κ1) is 25.5. The Hall–Kier alpha value is -0.560. The van der Waals surface area contributed by atoms with Crippen molar-refractivity contribution in [3.05, 3.63) is 0 Å². The van der Waals surface area contributed by atoms with Gasteiger partial charge in [-0.15, -0.1) is 24.8 Å². The number of nitrogens with one attached hydrogen (secondary N) is 1. The lowest BCUT2D eigenvalue weighted by Crippen LogP contribution is -2.51. The van der Waals surface area contributed by atoms with Crippen molar-refractivity contribution in [3.63, 3.8) is 0 Å². The predicted molar refractivity (Wildman–Crippen MR) is 117 cm³/mol. The van der Waals surface area contributed by atoms with Crippen molar-refractivity contribution in [2.45, 2.75) is 51.4 Å². The van der Waals surface area contributed by atoms with Gasteiger partial charge in [0.1, 0.15) is 0 Å². The van der Waals surface area contributed by atoms with E-state index in [1.54, 1.807) is 0 Å². The molecule has 2 amide bonds. The average Bonchev–Trinajstić information content (AvgIpc) is 2.97. The van der Waals surface area contributed by atoms with E-state index in [0.29, 0.717) is 24.8 Å². The molecule has 0 radical (unpaired) electrons. The minimum atomic E-state index is 0. The van der Waals surface area contributed by atoms with Gasteiger partial charge in [-0.1, -0.05) is 12.8 Å². The highest BCUT2D eigenvalue weighted by atomic mass is 35.5. The standard InChI is InChI=1S/C20H36N4O2.2ClH/c25-19(6-5-18-7-9-21-10-8-18)24-15-13-22(14-16-24)17-20(26)23-11-3-1-2-4-12-23;;/h18,21H,1-17H2;2*1H. The number of halogens is 2. The highest BCUT2D eigenvalue weighted by Crippen LogP contribution is 2.19. The monoisotopic (exact) mass is 436 g/mol. The lowest BCUT2D eigenvalue weighted by Gasteiger charge is -2.35. The molecule has 8 heteroatoms. The minimum absolute atomic E-state index is 0. The van der Waals surface area contributed by atoms with Gasteiger partial charge in [-0.3, -0.25) is 14.5 Å². The molecule has 3 aliphatic rings. The van der Waals surface area contributed by atoms with Gasteiger partial charge in [0.15, 0.2) is 0 Å². The Kier molecular flexibility index (Phi) is 12.4. The molecule has 0 aromatic heterocycles. The van der Waals surface area contributed by atoms with Crippen LogP contribution in [0.3, 0.4) is 0 Å². The molecule has 3 fully saturated rings. The zero-order valence-electron chi connectivity index (χ0n) is 17.1. The van der Waals surface area contributed by atoms with Crippen LogP contribution in [0.15, 0.2) is 0 Å². The molecule has 6 nitrogen and oxygen atoms in total. The van der Waals surface area contributed by atoms with Crippen molar-refractivity contribution in [2.75, 3.05) is 58.9 Å². The van der Waals surface area contributed by atoms with E-state index in [1.165, 1.54) is 25.7 Å². The molecule has 164 valence electrons. The Bertz CT molecular complexity index is 459. The van der Waals surface area contributed by atoms with Crippen LogP contribution in [-0.4, -0.2) is 85.4 Å². The van der Waals surface area contributed by atoms with E-state index < -0.39 is 0 Å². The van der Waals surface area contributed by atoms with Crippen LogP contribution in [0.1, 0.15) is 51.4 Å². The number of amides is 2. The molecule has 0 bridgehead atoms. The van der Waals surface area contributed by atoms with E-state index >= 15 is 0 Å². The fourth-order valence-electron chi connectivity index (χ4n) is 4.42. The molecule has 3 saturated heterocycles. The van der Waals surface area contributed by atoms with Crippen LogP contribution in [0.25, 0.3) is 0 Å².